The SMILES string of the molecule is COc1cc(C2CC(c3ccc(N=NN4CCN(C)CC4)cc3)=NC(=S)N2)ccc1O. The first-order valence-electron chi connectivity index (χ1n) is 10.2. The lowest BCUT2D eigenvalue weighted by Gasteiger charge is -2.29. The lowest BCUT2D eigenvalue weighted by Crippen LogP contribution is -2.41. The standard InChI is InChI=1S/C22H26N6O2S/c1-27-9-11-28(12-10-27)26-25-17-6-3-15(4-7-17)18-14-19(24-22(31)23-18)16-5-8-20(29)21(13-16)30-2/h3-8,13,19,29H,9-12,14H2,1-2H3,(H,24,31). The van der Waals surface area contributed by atoms with Gasteiger partial charge in [0.2, 0.25) is 0 Å². The summed E-state index contributed by atoms with van der Waals surface area (Å²) in [6.07, 6.45) is 0.663. The number of hydrogen-bond donors (Lipinski definition) is 2. The highest BCUT2D eigenvalue weighted by Crippen LogP contribution is 2.32. The molecule has 0 saturated carbocycles. The number of ether oxygens (including phenoxy) is 1. The number of thiocarbonyl (C=S) groups is 1. The molecular weight excluding hydrogens is 412 g/mol. The number of phenols is 1. The summed E-state index contributed by atoms with van der Waals surface area (Å²) < 4.78 is 5.23. The van der Waals surface area contributed by atoms with E-state index in [2.05, 4.69) is 32.6 Å². The van der Waals surface area contributed by atoms with Gasteiger partial charge in [-0.15, -0.1) is 5.11 Å². The number of aliphatic imine (C=N–C) groups is 1. The minimum absolute atomic E-state index is 0.0499. The molecule has 162 valence electrons. The summed E-state index contributed by atoms with van der Waals surface area (Å²) in [5.74, 6) is 0.546. The highest BCUT2D eigenvalue weighted by molar-refractivity contribution is 7.80. The molecular formula is C22H26N6O2S. The average molecular weight is 439 g/mol. The van der Waals surface area contributed by atoms with Crippen LogP contribution in [-0.4, -0.2) is 66.2 Å². The van der Waals surface area contributed by atoms with Crippen molar-refractivity contribution in [3.8, 4) is 11.5 Å². The number of aromatic hydroxyl groups is 1. The van der Waals surface area contributed by atoms with E-state index >= 15 is 0 Å². The molecule has 2 aromatic rings. The molecule has 2 heterocycles. The molecule has 1 atom stereocenters. The first-order chi connectivity index (χ1) is 15.0. The summed E-state index contributed by atoms with van der Waals surface area (Å²) >= 11 is 5.37. The number of hydrogen-bond acceptors (Lipinski definition) is 6. The van der Waals surface area contributed by atoms with Crippen LogP contribution in [0.5, 0.6) is 11.5 Å². The molecule has 31 heavy (non-hydrogen) atoms. The molecule has 1 fully saturated rings. The quantitative estimate of drug-likeness (QED) is 0.549. The summed E-state index contributed by atoms with van der Waals surface area (Å²) in [5.41, 5.74) is 3.68. The maximum atomic E-state index is 9.86. The predicted octanol–water partition coefficient (Wildman–Crippen LogP) is 3.46. The summed E-state index contributed by atoms with van der Waals surface area (Å²) in [4.78, 5) is 6.82. The van der Waals surface area contributed by atoms with Gasteiger partial charge in [0.05, 0.1) is 37.6 Å². The van der Waals surface area contributed by atoms with Gasteiger partial charge in [0, 0.05) is 19.5 Å². The van der Waals surface area contributed by atoms with Gasteiger partial charge in [-0.1, -0.05) is 23.4 Å². The van der Waals surface area contributed by atoms with Crippen molar-refractivity contribution in [3.63, 3.8) is 0 Å². The fourth-order valence-electron chi connectivity index (χ4n) is 3.61. The third-order valence-electron chi connectivity index (χ3n) is 5.50. The third-order valence-corrected chi connectivity index (χ3v) is 5.71. The Morgan fingerprint density at radius 2 is 1.87 bits per heavy atom. The molecule has 0 aromatic heterocycles. The van der Waals surface area contributed by atoms with Crippen molar-refractivity contribution in [1.82, 2.24) is 15.2 Å². The Kier molecular flexibility index (Phi) is 6.43. The molecule has 0 radical (unpaired) electrons. The van der Waals surface area contributed by atoms with Crippen LogP contribution in [0.4, 0.5) is 5.69 Å². The van der Waals surface area contributed by atoms with Crippen LogP contribution in [0.3, 0.4) is 0 Å². The third kappa shape index (κ3) is 5.18. The first kappa shape index (κ1) is 21.2. The Morgan fingerprint density at radius 1 is 1.13 bits per heavy atom. The van der Waals surface area contributed by atoms with Gasteiger partial charge in [-0.05, 0) is 54.7 Å². The predicted molar refractivity (Wildman–Crippen MR) is 124 cm³/mol. The number of phenolic OH excluding ortho intramolecular Hbond substituents is 1. The average Bonchev–Trinajstić information content (AvgIpc) is 2.79. The fraction of sp³-hybridized carbons (Fsp3) is 0.364. The van der Waals surface area contributed by atoms with E-state index in [9.17, 15) is 5.11 Å². The first-order valence-corrected chi connectivity index (χ1v) is 10.6. The molecule has 0 spiro atoms. The molecule has 2 aromatic carbocycles. The zero-order valence-corrected chi connectivity index (χ0v) is 18.5. The van der Waals surface area contributed by atoms with Crippen LogP contribution in [0.15, 0.2) is 57.8 Å². The molecule has 0 bridgehead atoms. The zero-order chi connectivity index (χ0) is 21.8. The second-order valence-electron chi connectivity index (χ2n) is 7.69. The van der Waals surface area contributed by atoms with Gasteiger partial charge in [-0.3, -0.25) is 5.01 Å². The van der Waals surface area contributed by atoms with E-state index in [0.717, 1.165) is 48.7 Å². The summed E-state index contributed by atoms with van der Waals surface area (Å²) in [5, 5.41) is 24.3. The molecule has 0 aliphatic carbocycles. The minimum atomic E-state index is -0.0499. The van der Waals surface area contributed by atoms with E-state index in [1.54, 1.807) is 6.07 Å². The second kappa shape index (κ2) is 9.40. The maximum Gasteiger partial charge on any atom is 0.193 e. The Morgan fingerprint density at radius 3 is 2.58 bits per heavy atom. The summed E-state index contributed by atoms with van der Waals surface area (Å²) in [6.45, 7) is 3.78. The molecule has 0 amide bonds. The van der Waals surface area contributed by atoms with E-state index in [0.29, 0.717) is 17.3 Å². The molecule has 4 rings (SSSR count). The van der Waals surface area contributed by atoms with Gasteiger partial charge in [0.15, 0.2) is 16.6 Å². The van der Waals surface area contributed by atoms with Crippen molar-refractivity contribution >= 4 is 28.7 Å². The highest BCUT2D eigenvalue weighted by atomic mass is 32.1. The molecule has 9 heteroatoms. The number of methoxy groups -OCH3 is 1. The minimum Gasteiger partial charge on any atom is -0.504 e. The molecule has 2 aliphatic heterocycles. The van der Waals surface area contributed by atoms with Gasteiger partial charge in [0.25, 0.3) is 0 Å². The Hall–Kier alpha value is -3.04. The van der Waals surface area contributed by atoms with Crippen LogP contribution < -0.4 is 10.1 Å². The smallest absolute Gasteiger partial charge is 0.193 e. The lowest BCUT2D eigenvalue weighted by atomic mass is 9.95. The number of rotatable bonds is 5. The van der Waals surface area contributed by atoms with Crippen molar-refractivity contribution in [2.45, 2.75) is 12.5 Å². The number of benzene rings is 2. The van der Waals surface area contributed by atoms with Crippen molar-refractivity contribution < 1.29 is 9.84 Å². The van der Waals surface area contributed by atoms with Crippen LogP contribution in [0.1, 0.15) is 23.6 Å². The van der Waals surface area contributed by atoms with Crippen molar-refractivity contribution in [1.29, 1.82) is 0 Å². The molecule has 2 aliphatic rings. The van der Waals surface area contributed by atoms with E-state index in [4.69, 9.17) is 17.0 Å². The van der Waals surface area contributed by atoms with Crippen molar-refractivity contribution in [2.24, 2.45) is 15.3 Å². The Labute approximate surface area is 187 Å². The normalized spacial score (nSPS) is 19.9. The van der Waals surface area contributed by atoms with E-state index in [-0.39, 0.29) is 11.8 Å². The molecule has 2 N–H and O–H groups in total. The summed E-state index contributed by atoms with van der Waals surface area (Å²) in [6, 6.07) is 13.2. The molecule has 8 nitrogen and oxygen atoms in total. The van der Waals surface area contributed by atoms with Crippen LogP contribution >= 0.6 is 12.2 Å². The van der Waals surface area contributed by atoms with Gasteiger partial charge in [0.1, 0.15) is 0 Å². The topological polar surface area (TPSA) is 85.1 Å². The van der Waals surface area contributed by atoms with Gasteiger partial charge < -0.3 is 20.1 Å². The number of likely N-dealkylation sites (N-methyl/N-ethyl adjacent to an activating group) is 1. The van der Waals surface area contributed by atoms with Gasteiger partial charge >= 0.3 is 0 Å². The maximum absolute atomic E-state index is 9.86. The van der Waals surface area contributed by atoms with Crippen molar-refractivity contribution in [3.05, 3.63) is 53.6 Å². The van der Waals surface area contributed by atoms with Crippen LogP contribution in [-0.2, 0) is 0 Å². The van der Waals surface area contributed by atoms with Crippen molar-refractivity contribution in [2.75, 3.05) is 40.3 Å². The number of nitrogens with zero attached hydrogens (tertiary/aromatic N) is 5. The highest BCUT2D eigenvalue weighted by Gasteiger charge is 2.22. The Bertz CT molecular complexity index is 1000. The van der Waals surface area contributed by atoms with E-state index < -0.39 is 0 Å². The summed E-state index contributed by atoms with van der Waals surface area (Å²) in [7, 11) is 3.65. The zero-order valence-electron chi connectivity index (χ0n) is 17.7. The lowest BCUT2D eigenvalue weighted by molar-refractivity contribution is 0.150. The largest absolute Gasteiger partial charge is 0.504 e. The second-order valence-corrected chi connectivity index (χ2v) is 8.08. The van der Waals surface area contributed by atoms with Gasteiger partial charge in [-0.25, -0.2) is 4.99 Å². The van der Waals surface area contributed by atoms with Crippen LogP contribution in [0.25, 0.3) is 0 Å². The van der Waals surface area contributed by atoms with E-state index in [1.165, 1.54) is 7.11 Å². The molecule has 1 saturated heterocycles. The Balaban J connectivity index is 1.45. The monoisotopic (exact) mass is 438 g/mol. The number of nitrogens with one attached hydrogen (secondary N) is 1. The van der Waals surface area contributed by atoms with Gasteiger partial charge in [-0.2, -0.15) is 0 Å². The fourth-order valence-corrected chi connectivity index (χ4v) is 3.86. The van der Waals surface area contributed by atoms with E-state index in [1.807, 2.05) is 41.4 Å². The van der Waals surface area contributed by atoms with Crippen LogP contribution in [0, 0.1) is 0 Å². The molecule has 1 unspecified atom stereocenters. The number of piperazine rings is 1. The van der Waals surface area contributed by atoms with Crippen LogP contribution in [0.2, 0.25) is 0 Å².